The van der Waals surface area contributed by atoms with E-state index in [-0.39, 0.29) is 5.54 Å². The van der Waals surface area contributed by atoms with E-state index in [9.17, 15) is 0 Å². The molecule has 0 aromatic heterocycles. The number of likely N-dealkylation sites (tertiary alicyclic amines) is 1. The Morgan fingerprint density at radius 2 is 1.61 bits per heavy atom. The summed E-state index contributed by atoms with van der Waals surface area (Å²) in [7, 11) is 0. The number of nitrogens with zero attached hydrogens (tertiary/aromatic N) is 1. The molecule has 1 aliphatic carbocycles. The first-order valence-electron chi connectivity index (χ1n) is 7.64. The quantitative estimate of drug-likeness (QED) is 0.818. The molecular weight excluding hydrogens is 224 g/mol. The van der Waals surface area contributed by atoms with Crippen molar-refractivity contribution in [3.05, 3.63) is 0 Å². The van der Waals surface area contributed by atoms with Crippen LogP contribution in [0.5, 0.6) is 0 Å². The molecular formula is C15H28N2O. The molecule has 3 aliphatic rings. The third-order valence-corrected chi connectivity index (χ3v) is 5.63. The standard InChI is InChI=1S/C15H28N2O/c1-14(2)5-7-15(11-16,8-6-14)17-9-12-3-4-13(10-17)18-12/h12-13H,3-11,16H2,1-2H3. The summed E-state index contributed by atoms with van der Waals surface area (Å²) in [4.78, 5) is 2.69. The zero-order chi connectivity index (χ0) is 12.8. The maximum atomic E-state index is 6.19. The maximum absolute atomic E-state index is 6.19. The lowest BCUT2D eigenvalue weighted by Crippen LogP contribution is -2.61. The van der Waals surface area contributed by atoms with E-state index >= 15 is 0 Å². The van der Waals surface area contributed by atoms with Crippen LogP contribution in [-0.2, 0) is 4.74 Å². The fourth-order valence-electron chi connectivity index (χ4n) is 4.04. The van der Waals surface area contributed by atoms with Crippen molar-refractivity contribution in [2.45, 2.75) is 70.1 Å². The van der Waals surface area contributed by atoms with E-state index in [1.54, 1.807) is 0 Å². The topological polar surface area (TPSA) is 38.5 Å². The zero-order valence-corrected chi connectivity index (χ0v) is 12.0. The second-order valence-corrected chi connectivity index (χ2v) is 7.46. The number of hydrogen-bond donors (Lipinski definition) is 1. The van der Waals surface area contributed by atoms with Crippen LogP contribution in [0.3, 0.4) is 0 Å². The molecule has 3 rings (SSSR count). The molecule has 0 radical (unpaired) electrons. The van der Waals surface area contributed by atoms with Crippen LogP contribution in [0.4, 0.5) is 0 Å². The Bertz CT molecular complexity index is 294. The van der Waals surface area contributed by atoms with Crippen molar-refractivity contribution >= 4 is 0 Å². The van der Waals surface area contributed by atoms with Crippen molar-refractivity contribution in [2.24, 2.45) is 11.1 Å². The van der Waals surface area contributed by atoms with Gasteiger partial charge in [-0.15, -0.1) is 0 Å². The molecule has 0 amide bonds. The van der Waals surface area contributed by atoms with Crippen molar-refractivity contribution < 1.29 is 4.74 Å². The Kier molecular flexibility index (Phi) is 3.20. The van der Waals surface area contributed by atoms with Crippen molar-refractivity contribution in [3.8, 4) is 0 Å². The van der Waals surface area contributed by atoms with Gasteiger partial charge in [-0.3, -0.25) is 4.90 Å². The van der Waals surface area contributed by atoms with E-state index in [4.69, 9.17) is 10.5 Å². The predicted octanol–water partition coefficient (Wildman–Crippen LogP) is 2.15. The molecule has 2 saturated heterocycles. The average molecular weight is 252 g/mol. The molecule has 0 aromatic rings. The van der Waals surface area contributed by atoms with Gasteiger partial charge in [-0.2, -0.15) is 0 Å². The molecule has 2 aliphatic heterocycles. The summed E-state index contributed by atoms with van der Waals surface area (Å²) in [6, 6.07) is 0. The first kappa shape index (κ1) is 12.9. The number of hydrogen-bond acceptors (Lipinski definition) is 3. The molecule has 2 heterocycles. The van der Waals surface area contributed by atoms with E-state index in [0.717, 1.165) is 19.6 Å². The van der Waals surface area contributed by atoms with Gasteiger partial charge in [0.1, 0.15) is 0 Å². The molecule has 18 heavy (non-hydrogen) atoms. The number of fused-ring (bicyclic) bond motifs is 2. The molecule has 104 valence electrons. The summed E-state index contributed by atoms with van der Waals surface area (Å²) in [6.07, 6.45) is 8.67. The largest absolute Gasteiger partial charge is 0.372 e. The normalized spacial score (nSPS) is 38.8. The van der Waals surface area contributed by atoms with Crippen LogP contribution in [0, 0.1) is 5.41 Å². The van der Waals surface area contributed by atoms with Crippen molar-refractivity contribution in [3.63, 3.8) is 0 Å². The Balaban J connectivity index is 1.72. The fraction of sp³-hybridized carbons (Fsp3) is 1.00. The lowest BCUT2D eigenvalue weighted by molar-refractivity contribution is -0.0919. The monoisotopic (exact) mass is 252 g/mol. The molecule has 0 aromatic carbocycles. The van der Waals surface area contributed by atoms with Gasteiger partial charge < -0.3 is 10.5 Å². The molecule has 0 spiro atoms. The first-order valence-corrected chi connectivity index (χ1v) is 7.64. The SMILES string of the molecule is CC1(C)CCC(CN)(N2CC3CCC(C2)O3)CC1. The van der Waals surface area contributed by atoms with Crippen molar-refractivity contribution in [1.29, 1.82) is 0 Å². The number of rotatable bonds is 2. The summed E-state index contributed by atoms with van der Waals surface area (Å²) in [5.41, 5.74) is 6.98. The van der Waals surface area contributed by atoms with Gasteiger partial charge in [0.05, 0.1) is 12.2 Å². The molecule has 3 nitrogen and oxygen atoms in total. The predicted molar refractivity (Wildman–Crippen MR) is 73.5 cm³/mol. The van der Waals surface area contributed by atoms with Crippen LogP contribution in [0.25, 0.3) is 0 Å². The zero-order valence-electron chi connectivity index (χ0n) is 12.0. The summed E-state index contributed by atoms with van der Waals surface area (Å²) >= 11 is 0. The number of nitrogens with two attached hydrogens (primary N) is 1. The van der Waals surface area contributed by atoms with Gasteiger partial charge in [0.25, 0.3) is 0 Å². The van der Waals surface area contributed by atoms with Crippen LogP contribution in [0.1, 0.15) is 52.4 Å². The van der Waals surface area contributed by atoms with E-state index in [0.29, 0.717) is 17.6 Å². The van der Waals surface area contributed by atoms with Gasteiger partial charge in [0, 0.05) is 25.2 Å². The fourth-order valence-corrected chi connectivity index (χ4v) is 4.04. The number of ether oxygens (including phenoxy) is 1. The highest BCUT2D eigenvalue weighted by molar-refractivity contribution is 5.01. The molecule has 2 unspecified atom stereocenters. The molecule has 3 fully saturated rings. The van der Waals surface area contributed by atoms with E-state index < -0.39 is 0 Å². The highest BCUT2D eigenvalue weighted by atomic mass is 16.5. The minimum absolute atomic E-state index is 0.278. The van der Waals surface area contributed by atoms with Crippen molar-refractivity contribution in [2.75, 3.05) is 19.6 Å². The van der Waals surface area contributed by atoms with E-state index in [1.165, 1.54) is 38.5 Å². The van der Waals surface area contributed by atoms with Gasteiger partial charge in [0.15, 0.2) is 0 Å². The Morgan fingerprint density at radius 1 is 1.06 bits per heavy atom. The van der Waals surface area contributed by atoms with Crippen LogP contribution in [0.15, 0.2) is 0 Å². The van der Waals surface area contributed by atoms with Gasteiger partial charge >= 0.3 is 0 Å². The second kappa shape index (κ2) is 4.46. The third kappa shape index (κ3) is 2.21. The molecule has 2 bridgehead atoms. The molecule has 1 saturated carbocycles. The van der Waals surface area contributed by atoms with Crippen LogP contribution < -0.4 is 5.73 Å². The minimum Gasteiger partial charge on any atom is -0.372 e. The third-order valence-electron chi connectivity index (χ3n) is 5.63. The lowest BCUT2D eigenvalue weighted by atomic mass is 9.68. The van der Waals surface area contributed by atoms with E-state index in [2.05, 4.69) is 18.7 Å². The summed E-state index contributed by atoms with van der Waals surface area (Å²) in [6.45, 7) is 7.86. The minimum atomic E-state index is 0.278. The maximum Gasteiger partial charge on any atom is 0.0707 e. The highest BCUT2D eigenvalue weighted by Gasteiger charge is 2.46. The first-order chi connectivity index (χ1) is 8.53. The number of morpholine rings is 1. The molecule has 2 atom stereocenters. The van der Waals surface area contributed by atoms with Gasteiger partial charge in [-0.25, -0.2) is 0 Å². The van der Waals surface area contributed by atoms with Crippen LogP contribution in [-0.4, -0.2) is 42.3 Å². The highest BCUT2D eigenvalue weighted by Crippen LogP contribution is 2.44. The summed E-state index contributed by atoms with van der Waals surface area (Å²) in [5.74, 6) is 0. The van der Waals surface area contributed by atoms with Crippen LogP contribution >= 0.6 is 0 Å². The summed E-state index contributed by atoms with van der Waals surface area (Å²) < 4.78 is 5.97. The van der Waals surface area contributed by atoms with E-state index in [1.807, 2.05) is 0 Å². The second-order valence-electron chi connectivity index (χ2n) is 7.46. The Morgan fingerprint density at radius 3 is 2.11 bits per heavy atom. The molecule has 2 N–H and O–H groups in total. The van der Waals surface area contributed by atoms with Crippen molar-refractivity contribution in [1.82, 2.24) is 4.90 Å². The van der Waals surface area contributed by atoms with Gasteiger partial charge in [-0.1, -0.05) is 13.8 Å². The lowest BCUT2D eigenvalue weighted by Gasteiger charge is -2.52. The average Bonchev–Trinajstić information content (AvgIpc) is 2.69. The van der Waals surface area contributed by atoms with Crippen LogP contribution in [0.2, 0.25) is 0 Å². The Hall–Kier alpha value is -0.120. The molecule has 3 heteroatoms. The smallest absolute Gasteiger partial charge is 0.0707 e. The Labute approximate surface area is 111 Å². The summed E-state index contributed by atoms with van der Waals surface area (Å²) in [5, 5.41) is 0. The van der Waals surface area contributed by atoms with Gasteiger partial charge in [0.2, 0.25) is 0 Å². The van der Waals surface area contributed by atoms with Gasteiger partial charge in [-0.05, 0) is 43.9 Å².